The van der Waals surface area contributed by atoms with Crippen LogP contribution in [-0.2, 0) is 19.4 Å². The second kappa shape index (κ2) is 5.35. The molecule has 0 amide bonds. The van der Waals surface area contributed by atoms with E-state index < -0.39 is 0 Å². The molecule has 1 aliphatic heterocycles. The van der Waals surface area contributed by atoms with Crippen molar-refractivity contribution in [3.8, 4) is 11.3 Å². The van der Waals surface area contributed by atoms with Gasteiger partial charge in [0.1, 0.15) is 0 Å². The Labute approximate surface area is 118 Å². The van der Waals surface area contributed by atoms with Gasteiger partial charge >= 0.3 is 0 Å². The molecular weight excluding hydrogens is 258 g/mol. The van der Waals surface area contributed by atoms with E-state index in [0.29, 0.717) is 0 Å². The van der Waals surface area contributed by atoms with Crippen LogP contribution in [0.1, 0.15) is 18.2 Å². The van der Waals surface area contributed by atoms with E-state index in [9.17, 15) is 0 Å². The predicted octanol–water partition coefficient (Wildman–Crippen LogP) is 2.91. The lowest BCUT2D eigenvalue weighted by Gasteiger charge is -2.10. The summed E-state index contributed by atoms with van der Waals surface area (Å²) in [5.41, 5.74) is 4.88. The van der Waals surface area contributed by atoms with Crippen LogP contribution < -0.4 is 5.32 Å². The highest BCUT2D eigenvalue weighted by molar-refractivity contribution is 6.33. The minimum Gasteiger partial charge on any atom is -0.316 e. The second-order valence-electron chi connectivity index (χ2n) is 4.82. The molecule has 0 radical (unpaired) electrons. The quantitative estimate of drug-likeness (QED) is 0.913. The maximum absolute atomic E-state index is 6.37. The highest BCUT2D eigenvalue weighted by atomic mass is 35.5. The molecular formula is C15H18ClN3. The summed E-state index contributed by atoms with van der Waals surface area (Å²) in [5.74, 6) is 0. The molecule has 100 valence electrons. The molecule has 3 rings (SSSR count). The molecule has 1 aliphatic rings. The molecule has 0 aliphatic carbocycles. The molecule has 2 aromatic rings. The van der Waals surface area contributed by atoms with Gasteiger partial charge in [-0.1, -0.05) is 29.8 Å². The Bertz CT molecular complexity index is 589. The van der Waals surface area contributed by atoms with Crippen LogP contribution in [0.4, 0.5) is 0 Å². The molecule has 0 spiro atoms. The van der Waals surface area contributed by atoms with Crippen LogP contribution in [-0.4, -0.2) is 22.9 Å². The standard InChI is InChI=1S/C15H18ClN3/c1-2-19-15(11-5-3-4-6-13(11)16)12-7-9-17-10-8-14(12)18-19/h3-6,17H,2,7-10H2,1H3. The van der Waals surface area contributed by atoms with Gasteiger partial charge in [-0.05, 0) is 26.0 Å². The first-order valence-corrected chi connectivity index (χ1v) is 7.23. The summed E-state index contributed by atoms with van der Waals surface area (Å²) in [6, 6.07) is 8.05. The topological polar surface area (TPSA) is 29.9 Å². The fourth-order valence-corrected chi connectivity index (χ4v) is 2.97. The lowest BCUT2D eigenvalue weighted by Crippen LogP contribution is -2.17. The maximum Gasteiger partial charge on any atom is 0.0732 e. The maximum atomic E-state index is 6.37. The molecule has 0 unspecified atom stereocenters. The molecule has 1 aromatic carbocycles. The molecule has 0 saturated carbocycles. The number of fused-ring (bicyclic) bond motifs is 1. The van der Waals surface area contributed by atoms with E-state index in [1.54, 1.807) is 0 Å². The van der Waals surface area contributed by atoms with Crippen molar-refractivity contribution in [3.05, 3.63) is 40.5 Å². The highest BCUT2D eigenvalue weighted by Gasteiger charge is 2.21. The van der Waals surface area contributed by atoms with Gasteiger partial charge in [-0.3, -0.25) is 4.68 Å². The van der Waals surface area contributed by atoms with E-state index in [-0.39, 0.29) is 0 Å². The molecule has 1 aromatic heterocycles. The number of aryl methyl sites for hydroxylation is 1. The van der Waals surface area contributed by atoms with E-state index >= 15 is 0 Å². The minimum atomic E-state index is 0.803. The van der Waals surface area contributed by atoms with Crippen molar-refractivity contribution in [3.63, 3.8) is 0 Å². The first-order chi connectivity index (χ1) is 9.31. The molecule has 0 saturated heterocycles. The number of hydrogen-bond donors (Lipinski definition) is 1. The first-order valence-electron chi connectivity index (χ1n) is 6.85. The normalized spacial score (nSPS) is 15.1. The molecule has 19 heavy (non-hydrogen) atoms. The average molecular weight is 276 g/mol. The molecule has 4 heteroatoms. The van der Waals surface area contributed by atoms with Crippen molar-refractivity contribution in [2.75, 3.05) is 13.1 Å². The van der Waals surface area contributed by atoms with Gasteiger partial charge in [0.05, 0.1) is 11.4 Å². The zero-order valence-corrected chi connectivity index (χ0v) is 11.9. The Kier molecular flexibility index (Phi) is 3.58. The van der Waals surface area contributed by atoms with Crippen LogP contribution in [0.3, 0.4) is 0 Å². The van der Waals surface area contributed by atoms with Gasteiger partial charge < -0.3 is 5.32 Å². The van der Waals surface area contributed by atoms with E-state index in [2.05, 4.69) is 23.0 Å². The third-order valence-electron chi connectivity index (χ3n) is 3.65. The number of hydrogen-bond acceptors (Lipinski definition) is 2. The van der Waals surface area contributed by atoms with Crippen LogP contribution in [0, 0.1) is 0 Å². The Morgan fingerprint density at radius 3 is 2.84 bits per heavy atom. The smallest absolute Gasteiger partial charge is 0.0732 e. The van der Waals surface area contributed by atoms with Crippen molar-refractivity contribution < 1.29 is 0 Å². The fraction of sp³-hybridized carbons (Fsp3) is 0.400. The summed E-state index contributed by atoms with van der Waals surface area (Å²) in [4.78, 5) is 0. The van der Waals surface area contributed by atoms with E-state index in [4.69, 9.17) is 16.7 Å². The third kappa shape index (κ3) is 2.28. The summed E-state index contributed by atoms with van der Waals surface area (Å²) < 4.78 is 2.09. The second-order valence-corrected chi connectivity index (χ2v) is 5.23. The van der Waals surface area contributed by atoms with Crippen LogP contribution in [0.15, 0.2) is 24.3 Å². The third-order valence-corrected chi connectivity index (χ3v) is 3.98. The van der Waals surface area contributed by atoms with Gasteiger partial charge in [-0.2, -0.15) is 5.10 Å². The fourth-order valence-electron chi connectivity index (χ4n) is 2.74. The van der Waals surface area contributed by atoms with E-state index in [1.165, 1.54) is 17.0 Å². The summed E-state index contributed by atoms with van der Waals surface area (Å²) in [6.45, 7) is 5.03. The highest BCUT2D eigenvalue weighted by Crippen LogP contribution is 2.33. The van der Waals surface area contributed by atoms with Crippen molar-refractivity contribution in [1.29, 1.82) is 0 Å². The van der Waals surface area contributed by atoms with Crippen molar-refractivity contribution in [1.82, 2.24) is 15.1 Å². The number of nitrogens with one attached hydrogen (secondary N) is 1. The molecule has 0 atom stereocenters. The average Bonchev–Trinajstić information content (AvgIpc) is 2.61. The minimum absolute atomic E-state index is 0.803. The van der Waals surface area contributed by atoms with Crippen molar-refractivity contribution >= 4 is 11.6 Å². The molecule has 2 heterocycles. The SMILES string of the molecule is CCn1nc2c(c1-c1ccccc1Cl)CCNCC2. The molecule has 1 N–H and O–H groups in total. The Morgan fingerprint density at radius 2 is 2.05 bits per heavy atom. The number of rotatable bonds is 2. The molecule has 0 bridgehead atoms. The molecule has 3 nitrogen and oxygen atoms in total. The first kappa shape index (κ1) is 12.7. The monoisotopic (exact) mass is 275 g/mol. The number of nitrogens with zero attached hydrogens (tertiary/aromatic N) is 2. The largest absolute Gasteiger partial charge is 0.316 e. The Morgan fingerprint density at radius 1 is 1.26 bits per heavy atom. The predicted molar refractivity (Wildman–Crippen MR) is 78.6 cm³/mol. The van der Waals surface area contributed by atoms with Crippen LogP contribution in [0.25, 0.3) is 11.3 Å². The molecule has 0 fully saturated rings. The Hall–Kier alpha value is -1.32. The van der Waals surface area contributed by atoms with Gasteiger partial charge in [0.2, 0.25) is 0 Å². The zero-order chi connectivity index (χ0) is 13.2. The Balaban J connectivity index is 2.19. The van der Waals surface area contributed by atoms with Gasteiger partial charge in [0.15, 0.2) is 0 Å². The lowest BCUT2D eigenvalue weighted by molar-refractivity contribution is 0.638. The summed E-state index contributed by atoms with van der Waals surface area (Å²) in [7, 11) is 0. The summed E-state index contributed by atoms with van der Waals surface area (Å²) in [5, 5.41) is 9.00. The van der Waals surface area contributed by atoms with Crippen LogP contribution >= 0.6 is 11.6 Å². The summed E-state index contributed by atoms with van der Waals surface area (Å²) in [6.07, 6.45) is 2.02. The van der Waals surface area contributed by atoms with Crippen LogP contribution in [0.5, 0.6) is 0 Å². The number of halogens is 1. The van der Waals surface area contributed by atoms with Crippen LogP contribution in [0.2, 0.25) is 5.02 Å². The van der Waals surface area contributed by atoms with E-state index in [1.807, 2.05) is 18.2 Å². The number of aromatic nitrogens is 2. The van der Waals surface area contributed by atoms with Crippen molar-refractivity contribution in [2.45, 2.75) is 26.3 Å². The van der Waals surface area contributed by atoms with Crippen molar-refractivity contribution in [2.24, 2.45) is 0 Å². The summed E-state index contributed by atoms with van der Waals surface area (Å²) >= 11 is 6.37. The number of benzene rings is 1. The van der Waals surface area contributed by atoms with Gasteiger partial charge in [0, 0.05) is 35.7 Å². The van der Waals surface area contributed by atoms with Gasteiger partial charge in [0.25, 0.3) is 0 Å². The zero-order valence-electron chi connectivity index (χ0n) is 11.1. The van der Waals surface area contributed by atoms with Gasteiger partial charge in [-0.15, -0.1) is 0 Å². The van der Waals surface area contributed by atoms with E-state index in [0.717, 1.165) is 43.1 Å². The lowest BCUT2D eigenvalue weighted by atomic mass is 10.0. The van der Waals surface area contributed by atoms with Gasteiger partial charge in [-0.25, -0.2) is 0 Å².